The number of benzene rings is 1. The average Bonchev–Trinajstić information content (AvgIpc) is 2.25. The van der Waals surface area contributed by atoms with Crippen molar-refractivity contribution in [1.29, 1.82) is 0 Å². The number of aliphatic hydroxyl groups excluding tert-OH is 2. The maximum atomic E-state index is 8.95. The van der Waals surface area contributed by atoms with E-state index in [-0.39, 0.29) is 13.2 Å². The molecule has 1 rings (SSSR count). The molecule has 0 atom stereocenters. The lowest BCUT2D eigenvalue weighted by atomic mass is 10.1. The van der Waals surface area contributed by atoms with E-state index in [0.717, 1.165) is 11.1 Å². The van der Waals surface area contributed by atoms with Crippen LogP contribution in [0.15, 0.2) is 30.9 Å². The van der Waals surface area contributed by atoms with Gasteiger partial charge in [0.2, 0.25) is 0 Å². The van der Waals surface area contributed by atoms with Gasteiger partial charge in [-0.2, -0.15) is 0 Å². The van der Waals surface area contributed by atoms with Crippen molar-refractivity contribution in [1.82, 2.24) is 0 Å². The van der Waals surface area contributed by atoms with Crippen LogP contribution in [0, 0.1) is 0 Å². The highest BCUT2D eigenvalue weighted by Gasteiger charge is 2.00. The molecule has 14 heavy (non-hydrogen) atoms. The van der Waals surface area contributed by atoms with E-state index in [4.69, 9.17) is 14.9 Å². The zero-order valence-corrected chi connectivity index (χ0v) is 7.94. The molecule has 0 radical (unpaired) electrons. The van der Waals surface area contributed by atoms with E-state index in [1.165, 1.54) is 0 Å². The third-order valence-electron chi connectivity index (χ3n) is 1.76. The smallest absolute Gasteiger partial charge is 0.120 e. The normalized spacial score (nSPS) is 9.86. The minimum atomic E-state index is -0.0573. The number of hydrogen-bond donors (Lipinski definition) is 2. The van der Waals surface area contributed by atoms with E-state index < -0.39 is 0 Å². The number of rotatable bonds is 5. The minimum absolute atomic E-state index is 0.0573. The van der Waals surface area contributed by atoms with Gasteiger partial charge in [-0.15, -0.1) is 0 Å². The third kappa shape index (κ3) is 2.87. The van der Waals surface area contributed by atoms with Crippen LogP contribution < -0.4 is 4.74 Å². The Hall–Kier alpha value is -1.32. The zero-order valence-electron chi connectivity index (χ0n) is 7.94. The predicted molar refractivity (Wildman–Crippen MR) is 54.0 cm³/mol. The molecule has 3 heteroatoms. The van der Waals surface area contributed by atoms with Gasteiger partial charge in [0.15, 0.2) is 0 Å². The van der Waals surface area contributed by atoms with Gasteiger partial charge in [-0.3, -0.25) is 0 Å². The van der Waals surface area contributed by atoms with Gasteiger partial charge in [-0.1, -0.05) is 18.7 Å². The van der Waals surface area contributed by atoms with Crippen molar-refractivity contribution in [3.8, 4) is 5.75 Å². The lowest BCUT2D eigenvalue weighted by Gasteiger charge is -2.07. The highest BCUT2D eigenvalue weighted by atomic mass is 16.5. The molecule has 0 unspecified atom stereocenters. The lowest BCUT2D eigenvalue weighted by molar-refractivity contribution is 0.273. The Balaban J connectivity index is 2.86. The monoisotopic (exact) mass is 194 g/mol. The van der Waals surface area contributed by atoms with Crippen LogP contribution in [-0.2, 0) is 13.2 Å². The first kappa shape index (κ1) is 10.8. The molecule has 0 spiro atoms. The maximum Gasteiger partial charge on any atom is 0.120 e. The topological polar surface area (TPSA) is 49.7 Å². The minimum Gasteiger partial charge on any atom is -0.490 e. The zero-order chi connectivity index (χ0) is 10.4. The molecular formula is C11H14O3. The standard InChI is InChI=1S/C11H14O3/c1-2-3-14-11-5-9(7-12)4-10(6-11)8-13/h2,4-6,12-13H,1,3,7-8H2. The van der Waals surface area contributed by atoms with E-state index in [1.807, 2.05) is 0 Å². The number of ether oxygens (including phenoxy) is 1. The third-order valence-corrected chi connectivity index (χ3v) is 1.76. The second-order valence-electron chi connectivity index (χ2n) is 2.90. The van der Waals surface area contributed by atoms with Crippen LogP contribution >= 0.6 is 0 Å². The van der Waals surface area contributed by atoms with Gasteiger partial charge in [0.1, 0.15) is 12.4 Å². The predicted octanol–water partition coefficient (Wildman–Crippen LogP) is 1.24. The molecule has 0 heterocycles. The molecule has 3 nitrogen and oxygen atoms in total. The fraction of sp³-hybridized carbons (Fsp3) is 0.273. The van der Waals surface area contributed by atoms with Crippen molar-refractivity contribution in [3.63, 3.8) is 0 Å². The first-order chi connectivity index (χ1) is 6.80. The summed E-state index contributed by atoms with van der Waals surface area (Å²) < 4.78 is 5.30. The van der Waals surface area contributed by atoms with Crippen LogP contribution in [0.5, 0.6) is 5.75 Å². The molecular weight excluding hydrogens is 180 g/mol. The molecule has 0 aliphatic heterocycles. The molecule has 0 aliphatic rings. The van der Waals surface area contributed by atoms with Gasteiger partial charge in [0.05, 0.1) is 13.2 Å². The van der Waals surface area contributed by atoms with E-state index in [1.54, 1.807) is 24.3 Å². The summed E-state index contributed by atoms with van der Waals surface area (Å²) in [5.74, 6) is 0.639. The fourth-order valence-corrected chi connectivity index (χ4v) is 1.15. The lowest BCUT2D eigenvalue weighted by Crippen LogP contribution is -1.96. The SMILES string of the molecule is C=CCOc1cc(CO)cc(CO)c1. The molecule has 0 aromatic heterocycles. The molecule has 1 aromatic carbocycles. The number of hydrogen-bond acceptors (Lipinski definition) is 3. The summed E-state index contributed by atoms with van der Waals surface area (Å²) >= 11 is 0. The molecule has 0 amide bonds. The fourth-order valence-electron chi connectivity index (χ4n) is 1.15. The maximum absolute atomic E-state index is 8.95. The van der Waals surface area contributed by atoms with Gasteiger partial charge in [-0.05, 0) is 23.3 Å². The quantitative estimate of drug-likeness (QED) is 0.693. The summed E-state index contributed by atoms with van der Waals surface area (Å²) in [5.41, 5.74) is 1.46. The second-order valence-corrected chi connectivity index (χ2v) is 2.90. The summed E-state index contributed by atoms with van der Waals surface area (Å²) in [6, 6.07) is 5.21. The first-order valence-corrected chi connectivity index (χ1v) is 4.38. The van der Waals surface area contributed by atoms with Crippen molar-refractivity contribution in [2.75, 3.05) is 6.61 Å². The molecule has 1 aromatic rings. The van der Waals surface area contributed by atoms with Crippen LogP contribution in [0.3, 0.4) is 0 Å². The Kier molecular flexibility index (Phi) is 4.16. The molecule has 0 aliphatic carbocycles. The van der Waals surface area contributed by atoms with Crippen LogP contribution in [0.2, 0.25) is 0 Å². The van der Waals surface area contributed by atoms with Gasteiger partial charge in [-0.25, -0.2) is 0 Å². The summed E-state index contributed by atoms with van der Waals surface area (Å²) in [4.78, 5) is 0. The highest BCUT2D eigenvalue weighted by Crippen LogP contribution is 2.17. The van der Waals surface area contributed by atoms with E-state index in [2.05, 4.69) is 6.58 Å². The van der Waals surface area contributed by atoms with Crippen molar-refractivity contribution in [2.45, 2.75) is 13.2 Å². The van der Waals surface area contributed by atoms with Crippen molar-refractivity contribution >= 4 is 0 Å². The summed E-state index contributed by atoms with van der Waals surface area (Å²) in [6.07, 6.45) is 1.64. The Bertz CT molecular complexity index is 285. The Labute approximate surface area is 83.3 Å². The number of aliphatic hydroxyl groups is 2. The Morgan fingerprint density at radius 3 is 2.14 bits per heavy atom. The van der Waals surface area contributed by atoms with E-state index in [0.29, 0.717) is 12.4 Å². The largest absolute Gasteiger partial charge is 0.490 e. The van der Waals surface area contributed by atoms with Gasteiger partial charge in [0.25, 0.3) is 0 Å². The molecule has 0 bridgehead atoms. The molecule has 76 valence electrons. The van der Waals surface area contributed by atoms with Gasteiger partial charge in [0, 0.05) is 0 Å². The van der Waals surface area contributed by atoms with Crippen LogP contribution in [0.4, 0.5) is 0 Å². The first-order valence-electron chi connectivity index (χ1n) is 4.38. The Morgan fingerprint density at radius 2 is 1.71 bits per heavy atom. The summed E-state index contributed by atoms with van der Waals surface area (Å²) in [5, 5.41) is 17.9. The summed E-state index contributed by atoms with van der Waals surface area (Å²) in [6.45, 7) is 3.84. The van der Waals surface area contributed by atoms with E-state index >= 15 is 0 Å². The molecule has 0 saturated carbocycles. The Morgan fingerprint density at radius 1 is 1.14 bits per heavy atom. The van der Waals surface area contributed by atoms with Crippen molar-refractivity contribution in [2.24, 2.45) is 0 Å². The molecule has 0 saturated heterocycles. The van der Waals surface area contributed by atoms with Gasteiger partial charge >= 0.3 is 0 Å². The van der Waals surface area contributed by atoms with E-state index in [9.17, 15) is 0 Å². The summed E-state index contributed by atoms with van der Waals surface area (Å²) in [7, 11) is 0. The van der Waals surface area contributed by atoms with Gasteiger partial charge < -0.3 is 14.9 Å². The molecule has 0 fully saturated rings. The second kappa shape index (κ2) is 5.42. The van der Waals surface area contributed by atoms with Crippen LogP contribution in [-0.4, -0.2) is 16.8 Å². The van der Waals surface area contributed by atoms with Crippen LogP contribution in [0.25, 0.3) is 0 Å². The van der Waals surface area contributed by atoms with Crippen LogP contribution in [0.1, 0.15) is 11.1 Å². The van der Waals surface area contributed by atoms with Crippen molar-refractivity contribution in [3.05, 3.63) is 42.0 Å². The van der Waals surface area contributed by atoms with Crippen molar-refractivity contribution < 1.29 is 14.9 Å². The molecule has 2 N–H and O–H groups in total. The average molecular weight is 194 g/mol. The highest BCUT2D eigenvalue weighted by molar-refractivity contribution is 5.34.